The Morgan fingerprint density at radius 3 is 2.63 bits per heavy atom. The van der Waals surface area contributed by atoms with Crippen LogP contribution in [0.25, 0.3) is 21.8 Å². The molecule has 2 heterocycles. The zero-order valence-electron chi connectivity index (χ0n) is 18.8. The van der Waals surface area contributed by atoms with Crippen molar-refractivity contribution in [3.63, 3.8) is 0 Å². The van der Waals surface area contributed by atoms with E-state index in [1.54, 1.807) is 30.3 Å². The molecule has 0 radical (unpaired) electrons. The lowest BCUT2D eigenvalue weighted by atomic mass is 10.1. The third-order valence-corrected chi connectivity index (χ3v) is 5.57. The van der Waals surface area contributed by atoms with Gasteiger partial charge in [0.2, 0.25) is 5.96 Å². The number of nitrogens with zero attached hydrogens (tertiary/aromatic N) is 4. The fourth-order valence-electron chi connectivity index (χ4n) is 3.88. The number of hydrazine groups is 1. The Kier molecular flexibility index (Phi) is 6.40. The highest BCUT2D eigenvalue weighted by Gasteiger charge is 2.25. The van der Waals surface area contributed by atoms with Crippen LogP contribution >= 0.6 is 0 Å². The predicted molar refractivity (Wildman–Crippen MR) is 133 cm³/mol. The fraction of sp³-hybridized carbons (Fsp3) is 0.160. The molecule has 10 nitrogen and oxygen atoms in total. The van der Waals surface area contributed by atoms with E-state index in [0.29, 0.717) is 35.6 Å². The molecule has 10 heteroatoms. The summed E-state index contributed by atoms with van der Waals surface area (Å²) in [6, 6.07) is 22.2. The van der Waals surface area contributed by atoms with Gasteiger partial charge in [-0.2, -0.15) is 10.2 Å². The second-order valence-electron chi connectivity index (χ2n) is 7.86. The zero-order chi connectivity index (χ0) is 24.2. The zero-order valence-corrected chi connectivity index (χ0v) is 18.8. The van der Waals surface area contributed by atoms with E-state index < -0.39 is 0 Å². The molecule has 1 amide bonds. The van der Waals surface area contributed by atoms with Gasteiger partial charge in [0.1, 0.15) is 11.4 Å². The van der Waals surface area contributed by atoms with E-state index in [9.17, 15) is 15.2 Å². The number of nitrogens with one attached hydrogen (secondary N) is 2. The lowest BCUT2D eigenvalue weighted by molar-refractivity contribution is 0.0921. The topological polar surface area (TPSA) is 123 Å². The van der Waals surface area contributed by atoms with E-state index in [2.05, 4.69) is 20.7 Å². The summed E-state index contributed by atoms with van der Waals surface area (Å²) in [6.45, 7) is 1.12. The van der Waals surface area contributed by atoms with E-state index in [-0.39, 0.29) is 25.0 Å². The molecule has 0 saturated carbocycles. The number of carbonyl (C=O) groups is 1. The third kappa shape index (κ3) is 4.71. The minimum absolute atomic E-state index is 0.0686. The van der Waals surface area contributed by atoms with Gasteiger partial charge in [0.25, 0.3) is 5.91 Å². The summed E-state index contributed by atoms with van der Waals surface area (Å²) in [4.78, 5) is 21.7. The van der Waals surface area contributed by atoms with Crippen molar-refractivity contribution < 1.29 is 19.9 Å². The van der Waals surface area contributed by atoms with Gasteiger partial charge in [0.05, 0.1) is 36.4 Å². The van der Waals surface area contributed by atoms with Crippen molar-refractivity contribution in [1.82, 2.24) is 15.7 Å². The number of aromatic nitrogens is 1. The van der Waals surface area contributed by atoms with Crippen molar-refractivity contribution in [2.75, 3.05) is 36.5 Å². The maximum atomic E-state index is 12.8. The van der Waals surface area contributed by atoms with Gasteiger partial charge < -0.3 is 10.1 Å². The van der Waals surface area contributed by atoms with Crippen LogP contribution in [0.2, 0.25) is 0 Å². The van der Waals surface area contributed by atoms with E-state index in [0.717, 1.165) is 26.5 Å². The number of carbonyl (C=O) groups excluding carboxylic acids is 1. The first-order valence-electron chi connectivity index (χ1n) is 11.1. The second kappa shape index (κ2) is 9.94. The highest BCUT2D eigenvalue weighted by Crippen LogP contribution is 2.29. The minimum atomic E-state index is -0.216. The standard InChI is InChI=1S/C25H24N6O4/c32-24(19-8-5-7-18-16-17-6-1-2-9-20(17)28-23(18)19)26-12-14-35-15-13-27-25-29-31(34)22-11-4-3-10-21(22)30(25)33/h1-11,16,33-34H,12-15H2,(H,26,32)(H,27,29). The number of hydrogen-bond acceptors (Lipinski definition) is 7. The molecule has 1 aliphatic rings. The van der Waals surface area contributed by atoms with Crippen molar-refractivity contribution in [1.29, 1.82) is 0 Å². The number of amides is 1. The van der Waals surface area contributed by atoms with Gasteiger partial charge in [0, 0.05) is 17.3 Å². The molecule has 178 valence electrons. The SMILES string of the molecule is O=C(NCCOCCN=C1NN(O)c2ccccc2N1O)c1cccc2cc3ccccc3nc12. The van der Waals surface area contributed by atoms with Crippen LogP contribution in [0.5, 0.6) is 0 Å². The molecule has 35 heavy (non-hydrogen) atoms. The van der Waals surface area contributed by atoms with E-state index in [1.165, 1.54) is 0 Å². The van der Waals surface area contributed by atoms with Crippen LogP contribution in [0.1, 0.15) is 10.4 Å². The van der Waals surface area contributed by atoms with Crippen molar-refractivity contribution in [2.24, 2.45) is 4.99 Å². The van der Waals surface area contributed by atoms with Crippen molar-refractivity contribution in [2.45, 2.75) is 0 Å². The van der Waals surface area contributed by atoms with Gasteiger partial charge in [-0.3, -0.25) is 15.2 Å². The molecule has 0 bridgehead atoms. The van der Waals surface area contributed by atoms with Crippen LogP contribution in [-0.4, -0.2) is 53.6 Å². The largest absolute Gasteiger partial charge is 0.378 e. The number of anilines is 2. The van der Waals surface area contributed by atoms with Crippen molar-refractivity contribution in [3.8, 4) is 0 Å². The Labute approximate surface area is 201 Å². The fourth-order valence-corrected chi connectivity index (χ4v) is 3.88. The molecule has 0 saturated heterocycles. The van der Waals surface area contributed by atoms with Crippen LogP contribution in [0, 0.1) is 0 Å². The van der Waals surface area contributed by atoms with E-state index >= 15 is 0 Å². The van der Waals surface area contributed by atoms with Crippen LogP contribution in [-0.2, 0) is 4.74 Å². The normalized spacial score (nSPS) is 14.3. The highest BCUT2D eigenvalue weighted by molar-refractivity contribution is 6.07. The Bertz CT molecular complexity index is 1410. The second-order valence-corrected chi connectivity index (χ2v) is 7.86. The Morgan fingerprint density at radius 1 is 0.971 bits per heavy atom. The number of hydrogen-bond donors (Lipinski definition) is 4. The Morgan fingerprint density at radius 2 is 1.74 bits per heavy atom. The summed E-state index contributed by atoms with van der Waals surface area (Å²) < 4.78 is 5.55. The Balaban J connectivity index is 1.12. The number of fused-ring (bicyclic) bond motifs is 3. The number of para-hydroxylation sites is 4. The molecular formula is C25H24N6O4. The van der Waals surface area contributed by atoms with E-state index in [1.807, 2.05) is 42.5 Å². The monoisotopic (exact) mass is 472 g/mol. The predicted octanol–water partition coefficient (Wildman–Crippen LogP) is 3.10. The van der Waals surface area contributed by atoms with Crippen molar-refractivity contribution in [3.05, 3.63) is 78.4 Å². The molecule has 0 unspecified atom stereocenters. The summed E-state index contributed by atoms with van der Waals surface area (Å²) >= 11 is 0. The summed E-state index contributed by atoms with van der Waals surface area (Å²) in [5, 5.41) is 26.8. The van der Waals surface area contributed by atoms with Gasteiger partial charge in [-0.25, -0.2) is 15.4 Å². The molecule has 4 aromatic rings. The lowest BCUT2D eigenvalue weighted by Crippen LogP contribution is -2.52. The van der Waals surface area contributed by atoms with Gasteiger partial charge in [-0.15, -0.1) is 0 Å². The number of ether oxygens (including phenoxy) is 1. The number of guanidine groups is 1. The highest BCUT2D eigenvalue weighted by atomic mass is 16.6. The van der Waals surface area contributed by atoms with Gasteiger partial charge in [0.15, 0.2) is 0 Å². The van der Waals surface area contributed by atoms with Gasteiger partial charge >= 0.3 is 0 Å². The quantitative estimate of drug-likeness (QED) is 0.239. The summed E-state index contributed by atoms with van der Waals surface area (Å²) in [5.74, 6) is -0.148. The third-order valence-electron chi connectivity index (χ3n) is 5.57. The summed E-state index contributed by atoms with van der Waals surface area (Å²) in [7, 11) is 0. The molecule has 0 spiro atoms. The molecule has 0 aliphatic carbocycles. The van der Waals surface area contributed by atoms with Gasteiger partial charge in [-0.1, -0.05) is 42.5 Å². The van der Waals surface area contributed by atoms with Crippen LogP contribution in [0.3, 0.4) is 0 Å². The molecule has 1 aliphatic heterocycles. The molecule has 3 aromatic carbocycles. The lowest BCUT2D eigenvalue weighted by Gasteiger charge is -2.32. The van der Waals surface area contributed by atoms with Crippen LogP contribution in [0.15, 0.2) is 77.8 Å². The first kappa shape index (κ1) is 22.5. The minimum Gasteiger partial charge on any atom is -0.378 e. The molecule has 5 rings (SSSR count). The molecule has 0 fully saturated rings. The molecule has 1 aromatic heterocycles. The summed E-state index contributed by atoms with van der Waals surface area (Å²) in [5.41, 5.74) is 5.39. The number of aliphatic imine (C=N–C) groups is 1. The first-order valence-corrected chi connectivity index (χ1v) is 11.1. The number of rotatable bonds is 7. The van der Waals surface area contributed by atoms with Gasteiger partial charge in [-0.05, 0) is 30.3 Å². The molecule has 4 N–H and O–H groups in total. The maximum absolute atomic E-state index is 12.8. The maximum Gasteiger partial charge on any atom is 0.253 e. The Hall–Kier alpha value is -4.25. The molecule has 0 atom stereocenters. The average molecular weight is 473 g/mol. The summed E-state index contributed by atoms with van der Waals surface area (Å²) in [6.07, 6.45) is 0. The van der Waals surface area contributed by atoms with Crippen LogP contribution < -0.4 is 21.0 Å². The first-order chi connectivity index (χ1) is 17.1. The van der Waals surface area contributed by atoms with Crippen molar-refractivity contribution >= 4 is 45.0 Å². The number of pyridine rings is 1. The van der Waals surface area contributed by atoms with Crippen LogP contribution in [0.4, 0.5) is 11.4 Å². The smallest absolute Gasteiger partial charge is 0.253 e. The van der Waals surface area contributed by atoms with E-state index in [4.69, 9.17) is 4.74 Å². The average Bonchev–Trinajstić information content (AvgIpc) is 2.89. The number of hydroxylamine groups is 1. The number of benzene rings is 3. The molecular weight excluding hydrogens is 448 g/mol.